The Bertz CT molecular complexity index is 141. The van der Waals surface area contributed by atoms with E-state index in [2.05, 4.69) is 0 Å². The zero-order valence-corrected chi connectivity index (χ0v) is 5.70. The topological polar surface area (TPSA) is 61.6 Å². The molecule has 0 aromatic carbocycles. The Hall–Kier alpha value is -0.680. The molecule has 5 nitrogen and oxygen atoms in total. The number of hydrogen-bond donors (Lipinski definition) is 0. The van der Waals surface area contributed by atoms with Gasteiger partial charge in [0.1, 0.15) is 0 Å². The van der Waals surface area contributed by atoms with Gasteiger partial charge in [-0.2, -0.15) is 0 Å². The summed E-state index contributed by atoms with van der Waals surface area (Å²) in [5, 5.41) is 10.2. The van der Waals surface area contributed by atoms with Crippen molar-refractivity contribution in [2.45, 2.75) is 19.3 Å². The van der Waals surface area contributed by atoms with Crippen molar-refractivity contribution in [1.82, 2.24) is 0 Å². The van der Waals surface area contributed by atoms with E-state index in [9.17, 15) is 10.1 Å². The summed E-state index contributed by atoms with van der Waals surface area (Å²) in [5.41, 5.74) is 0. The minimum absolute atomic E-state index is 0.400. The Morgan fingerprint density at radius 1 is 1.50 bits per heavy atom. The van der Waals surface area contributed by atoms with Crippen LogP contribution >= 0.6 is 0 Å². The largest absolute Gasteiger partial charge is 0.439 e. The second kappa shape index (κ2) is 2.51. The molecule has 0 aliphatic carbocycles. The first-order chi connectivity index (χ1) is 4.65. The van der Waals surface area contributed by atoms with Crippen LogP contribution in [0, 0.1) is 10.1 Å². The number of nitrogens with zero attached hydrogens (tertiary/aromatic N) is 1. The second-order valence-electron chi connectivity index (χ2n) is 2.21. The summed E-state index contributed by atoms with van der Waals surface area (Å²) in [7, 11) is 0. The smallest absolute Gasteiger partial charge is 0.291 e. The molecule has 0 aromatic heterocycles. The first-order valence-corrected chi connectivity index (χ1v) is 3.07. The molecule has 0 aromatic rings. The summed E-state index contributed by atoms with van der Waals surface area (Å²) in [5.74, 6) is -1.60. The maximum atomic E-state index is 10.2. The highest BCUT2D eigenvalue weighted by atomic mass is 16.8. The molecule has 0 amide bonds. The van der Waals surface area contributed by atoms with Crippen LogP contribution in [-0.2, 0) is 9.47 Å². The molecule has 1 heterocycles. The SMILES string of the molecule is CC1([N+](=O)[O-])OCCCO1. The Kier molecular flexibility index (Phi) is 1.87. The average Bonchev–Trinajstić information content (AvgIpc) is 1.89. The van der Waals surface area contributed by atoms with Crippen LogP contribution in [0.1, 0.15) is 13.3 Å². The van der Waals surface area contributed by atoms with Crippen molar-refractivity contribution in [3.05, 3.63) is 10.1 Å². The number of ether oxygens (including phenoxy) is 2. The molecule has 0 spiro atoms. The molecule has 1 aliphatic rings. The van der Waals surface area contributed by atoms with Gasteiger partial charge in [-0.15, -0.1) is 0 Å². The van der Waals surface area contributed by atoms with E-state index in [0.29, 0.717) is 13.2 Å². The molecule has 1 aliphatic heterocycles. The van der Waals surface area contributed by atoms with Crippen LogP contribution in [0.3, 0.4) is 0 Å². The van der Waals surface area contributed by atoms with E-state index < -0.39 is 10.8 Å². The average molecular weight is 147 g/mol. The van der Waals surface area contributed by atoms with Crippen LogP contribution in [0.25, 0.3) is 0 Å². The van der Waals surface area contributed by atoms with Gasteiger partial charge in [0.25, 0.3) is 0 Å². The van der Waals surface area contributed by atoms with Gasteiger partial charge in [0.2, 0.25) is 0 Å². The van der Waals surface area contributed by atoms with Crippen LogP contribution in [0.2, 0.25) is 0 Å². The van der Waals surface area contributed by atoms with Gasteiger partial charge in [-0.1, -0.05) is 0 Å². The normalized spacial score (nSPS) is 24.1. The summed E-state index contributed by atoms with van der Waals surface area (Å²) in [6.07, 6.45) is 0.726. The Morgan fingerprint density at radius 3 is 2.30 bits per heavy atom. The molecular formula is C5H9NO4. The lowest BCUT2D eigenvalue weighted by atomic mass is 10.4. The zero-order valence-electron chi connectivity index (χ0n) is 5.70. The molecule has 0 radical (unpaired) electrons. The molecule has 0 N–H and O–H groups in total. The first kappa shape index (κ1) is 7.43. The maximum absolute atomic E-state index is 10.2. The van der Waals surface area contributed by atoms with Gasteiger partial charge in [0.15, 0.2) is 0 Å². The van der Waals surface area contributed by atoms with Gasteiger partial charge in [-0.3, -0.25) is 19.6 Å². The lowest BCUT2D eigenvalue weighted by molar-refractivity contribution is -0.693. The molecular weight excluding hydrogens is 138 g/mol. The van der Waals surface area contributed by atoms with E-state index in [0.717, 1.165) is 6.42 Å². The highest BCUT2D eigenvalue weighted by molar-refractivity contribution is 4.52. The highest BCUT2D eigenvalue weighted by Crippen LogP contribution is 2.17. The summed E-state index contributed by atoms with van der Waals surface area (Å²) in [6.45, 7) is 2.11. The van der Waals surface area contributed by atoms with E-state index in [1.807, 2.05) is 0 Å². The number of hydrogen-bond acceptors (Lipinski definition) is 4. The number of rotatable bonds is 1. The second-order valence-corrected chi connectivity index (χ2v) is 2.21. The van der Waals surface area contributed by atoms with Crippen molar-refractivity contribution in [2.24, 2.45) is 0 Å². The molecule has 0 atom stereocenters. The minimum atomic E-state index is -1.60. The monoisotopic (exact) mass is 147 g/mol. The van der Waals surface area contributed by atoms with Crippen LogP contribution in [-0.4, -0.2) is 24.0 Å². The molecule has 58 valence electrons. The van der Waals surface area contributed by atoms with E-state index >= 15 is 0 Å². The fourth-order valence-corrected chi connectivity index (χ4v) is 0.729. The molecule has 10 heavy (non-hydrogen) atoms. The van der Waals surface area contributed by atoms with Crippen molar-refractivity contribution in [1.29, 1.82) is 0 Å². The first-order valence-electron chi connectivity index (χ1n) is 3.07. The van der Waals surface area contributed by atoms with Crippen LogP contribution in [0.15, 0.2) is 0 Å². The van der Waals surface area contributed by atoms with E-state index in [1.54, 1.807) is 0 Å². The molecule has 0 saturated carbocycles. The lowest BCUT2D eigenvalue weighted by Gasteiger charge is -2.24. The van der Waals surface area contributed by atoms with E-state index in [4.69, 9.17) is 9.47 Å². The minimum Gasteiger partial charge on any atom is -0.291 e. The van der Waals surface area contributed by atoms with Gasteiger partial charge < -0.3 is 0 Å². The third-order valence-electron chi connectivity index (χ3n) is 1.36. The van der Waals surface area contributed by atoms with Crippen molar-refractivity contribution in [2.75, 3.05) is 13.2 Å². The highest BCUT2D eigenvalue weighted by Gasteiger charge is 2.41. The summed E-state index contributed by atoms with van der Waals surface area (Å²) in [4.78, 5) is 9.67. The third kappa shape index (κ3) is 1.25. The Morgan fingerprint density at radius 2 is 2.00 bits per heavy atom. The van der Waals surface area contributed by atoms with Crippen molar-refractivity contribution in [3.8, 4) is 0 Å². The Labute approximate surface area is 58.1 Å². The van der Waals surface area contributed by atoms with Crippen molar-refractivity contribution >= 4 is 0 Å². The zero-order chi connectivity index (χ0) is 7.61. The number of nitro groups is 1. The summed E-state index contributed by atoms with van der Waals surface area (Å²) < 4.78 is 9.61. The summed E-state index contributed by atoms with van der Waals surface area (Å²) in [6, 6.07) is 0. The van der Waals surface area contributed by atoms with Gasteiger partial charge >= 0.3 is 5.91 Å². The predicted molar refractivity (Wildman–Crippen MR) is 31.9 cm³/mol. The van der Waals surface area contributed by atoms with Crippen LogP contribution < -0.4 is 0 Å². The lowest BCUT2D eigenvalue weighted by Crippen LogP contribution is -2.44. The fourth-order valence-electron chi connectivity index (χ4n) is 0.729. The van der Waals surface area contributed by atoms with Crippen LogP contribution in [0.4, 0.5) is 0 Å². The third-order valence-corrected chi connectivity index (χ3v) is 1.36. The van der Waals surface area contributed by atoms with E-state index in [-0.39, 0.29) is 0 Å². The molecule has 1 fully saturated rings. The van der Waals surface area contributed by atoms with Gasteiger partial charge in [-0.25, -0.2) is 0 Å². The van der Waals surface area contributed by atoms with Crippen LogP contribution in [0.5, 0.6) is 0 Å². The van der Waals surface area contributed by atoms with Gasteiger partial charge in [0, 0.05) is 0 Å². The predicted octanol–water partition coefficient (Wildman–Crippen LogP) is 0.374. The van der Waals surface area contributed by atoms with Gasteiger partial charge in [-0.05, 0) is 6.42 Å². The molecule has 1 saturated heterocycles. The van der Waals surface area contributed by atoms with Crippen molar-refractivity contribution < 1.29 is 14.4 Å². The fraction of sp³-hybridized carbons (Fsp3) is 1.00. The molecule has 5 heteroatoms. The molecule has 0 bridgehead atoms. The molecule has 1 rings (SSSR count). The quantitative estimate of drug-likeness (QED) is 0.397. The maximum Gasteiger partial charge on any atom is 0.439 e. The summed E-state index contributed by atoms with van der Waals surface area (Å²) >= 11 is 0. The van der Waals surface area contributed by atoms with Gasteiger partial charge in [0.05, 0.1) is 25.1 Å². The van der Waals surface area contributed by atoms with Crippen molar-refractivity contribution in [3.63, 3.8) is 0 Å². The standard InChI is InChI=1S/C5H9NO4/c1-5(6(7)8)9-3-2-4-10-5/h2-4H2,1H3. The van der Waals surface area contributed by atoms with E-state index in [1.165, 1.54) is 6.92 Å². The molecule has 0 unspecified atom stereocenters. The Balaban J connectivity index is 2.56.